The first-order valence-electron chi connectivity index (χ1n) is 9.22. The molecule has 0 aliphatic rings. The largest absolute Gasteiger partial charge is 0.494 e. The van der Waals surface area contributed by atoms with Gasteiger partial charge in [0.2, 0.25) is 0 Å². The molecule has 0 radical (unpaired) electrons. The number of ether oxygens (including phenoxy) is 3. The Balaban J connectivity index is 1.86. The second-order valence-electron chi connectivity index (χ2n) is 5.82. The number of nitrogens with one attached hydrogen (secondary N) is 1. The summed E-state index contributed by atoms with van der Waals surface area (Å²) < 4.78 is 15.9. The summed E-state index contributed by atoms with van der Waals surface area (Å²) in [6.07, 6.45) is 0. The van der Waals surface area contributed by atoms with E-state index in [0.717, 1.165) is 11.4 Å². The standard InChI is InChI=1S/C21H23N3O4/c1-3-26-13-14-28-21(25)19-20(24-18-8-6-5-7-17(18)23-19)22-15-9-11-16(12-10-15)27-4-2/h5-12H,3-4,13-14H2,1-2H3,(H,22,24). The predicted octanol–water partition coefficient (Wildman–Crippen LogP) is 3.97. The van der Waals surface area contributed by atoms with E-state index in [4.69, 9.17) is 14.2 Å². The summed E-state index contributed by atoms with van der Waals surface area (Å²) in [5.74, 6) is 0.559. The molecule has 0 amide bonds. The fourth-order valence-corrected chi connectivity index (χ4v) is 2.57. The quantitative estimate of drug-likeness (QED) is 0.444. The number of nitrogens with zero attached hydrogens (tertiary/aromatic N) is 2. The van der Waals surface area contributed by atoms with Crippen molar-refractivity contribution in [3.8, 4) is 5.75 Å². The van der Waals surface area contributed by atoms with E-state index in [9.17, 15) is 4.79 Å². The second kappa shape index (κ2) is 9.66. The van der Waals surface area contributed by atoms with Crippen molar-refractivity contribution in [3.05, 3.63) is 54.2 Å². The van der Waals surface area contributed by atoms with Crippen LogP contribution in [-0.4, -0.2) is 42.4 Å². The predicted molar refractivity (Wildman–Crippen MR) is 107 cm³/mol. The van der Waals surface area contributed by atoms with Crippen molar-refractivity contribution in [3.63, 3.8) is 0 Å². The zero-order valence-electron chi connectivity index (χ0n) is 16.0. The topological polar surface area (TPSA) is 82.6 Å². The lowest BCUT2D eigenvalue weighted by Crippen LogP contribution is -2.15. The molecule has 0 saturated heterocycles. The van der Waals surface area contributed by atoms with Crippen LogP contribution in [0.3, 0.4) is 0 Å². The Morgan fingerprint density at radius 2 is 1.64 bits per heavy atom. The fourth-order valence-electron chi connectivity index (χ4n) is 2.57. The maximum atomic E-state index is 12.6. The highest BCUT2D eigenvalue weighted by Crippen LogP contribution is 2.23. The fraction of sp³-hybridized carbons (Fsp3) is 0.286. The Kier molecular flexibility index (Phi) is 6.75. The van der Waals surface area contributed by atoms with Gasteiger partial charge >= 0.3 is 5.97 Å². The maximum Gasteiger partial charge on any atom is 0.360 e. The zero-order chi connectivity index (χ0) is 19.8. The number of anilines is 2. The minimum Gasteiger partial charge on any atom is -0.494 e. The highest BCUT2D eigenvalue weighted by molar-refractivity contribution is 5.96. The van der Waals surface area contributed by atoms with Crippen LogP contribution in [0.1, 0.15) is 24.3 Å². The third-order valence-electron chi connectivity index (χ3n) is 3.86. The molecule has 7 nitrogen and oxygen atoms in total. The summed E-state index contributed by atoms with van der Waals surface area (Å²) >= 11 is 0. The lowest BCUT2D eigenvalue weighted by Gasteiger charge is -2.12. The molecule has 1 N–H and O–H groups in total. The van der Waals surface area contributed by atoms with Crippen LogP contribution in [-0.2, 0) is 9.47 Å². The van der Waals surface area contributed by atoms with Crippen molar-refractivity contribution in [2.45, 2.75) is 13.8 Å². The Hall–Kier alpha value is -3.19. The SMILES string of the molecule is CCOCCOC(=O)c1nc2ccccc2nc1Nc1ccc(OCC)cc1. The van der Waals surface area contributed by atoms with Gasteiger partial charge in [-0.1, -0.05) is 12.1 Å². The van der Waals surface area contributed by atoms with Crippen molar-refractivity contribution < 1.29 is 19.0 Å². The minimum absolute atomic E-state index is 0.129. The number of rotatable bonds is 9. The molecule has 0 aliphatic heterocycles. The molecule has 3 aromatic rings. The van der Waals surface area contributed by atoms with E-state index in [1.807, 2.05) is 56.3 Å². The molecular weight excluding hydrogens is 358 g/mol. The number of carbonyl (C=O) groups excluding carboxylic acids is 1. The van der Waals surface area contributed by atoms with Gasteiger partial charge in [-0.3, -0.25) is 0 Å². The molecular formula is C21H23N3O4. The number of carbonyl (C=O) groups is 1. The van der Waals surface area contributed by atoms with Crippen LogP contribution in [0.25, 0.3) is 11.0 Å². The summed E-state index contributed by atoms with van der Waals surface area (Å²) in [6, 6.07) is 14.8. The molecule has 0 fully saturated rings. The van der Waals surface area contributed by atoms with Gasteiger partial charge in [-0.15, -0.1) is 0 Å². The molecule has 146 valence electrons. The summed E-state index contributed by atoms with van der Waals surface area (Å²) in [6.45, 7) is 5.48. The average Bonchev–Trinajstić information content (AvgIpc) is 2.72. The molecule has 0 aliphatic carbocycles. The monoisotopic (exact) mass is 381 g/mol. The van der Waals surface area contributed by atoms with E-state index in [0.29, 0.717) is 36.7 Å². The van der Waals surface area contributed by atoms with Gasteiger partial charge in [0.15, 0.2) is 11.5 Å². The second-order valence-corrected chi connectivity index (χ2v) is 5.82. The van der Waals surface area contributed by atoms with Gasteiger partial charge in [-0.25, -0.2) is 14.8 Å². The van der Waals surface area contributed by atoms with E-state index in [1.165, 1.54) is 0 Å². The van der Waals surface area contributed by atoms with Gasteiger partial charge in [0.1, 0.15) is 12.4 Å². The first kappa shape index (κ1) is 19.6. The van der Waals surface area contributed by atoms with Crippen LogP contribution < -0.4 is 10.1 Å². The van der Waals surface area contributed by atoms with Gasteiger partial charge in [0, 0.05) is 12.3 Å². The van der Waals surface area contributed by atoms with E-state index in [-0.39, 0.29) is 12.3 Å². The van der Waals surface area contributed by atoms with Crippen LogP contribution in [0.4, 0.5) is 11.5 Å². The number of para-hydroxylation sites is 2. The van der Waals surface area contributed by atoms with Crippen molar-refractivity contribution >= 4 is 28.5 Å². The molecule has 0 bridgehead atoms. The molecule has 0 saturated carbocycles. The smallest absolute Gasteiger partial charge is 0.360 e. The van der Waals surface area contributed by atoms with Crippen LogP contribution >= 0.6 is 0 Å². The van der Waals surface area contributed by atoms with Crippen molar-refractivity contribution in [1.29, 1.82) is 0 Å². The molecule has 1 heterocycles. The minimum atomic E-state index is -0.550. The lowest BCUT2D eigenvalue weighted by atomic mass is 10.2. The Morgan fingerprint density at radius 3 is 2.32 bits per heavy atom. The third kappa shape index (κ3) is 4.95. The molecule has 0 unspecified atom stereocenters. The Morgan fingerprint density at radius 1 is 0.929 bits per heavy atom. The molecule has 3 rings (SSSR count). The van der Waals surface area contributed by atoms with Gasteiger partial charge in [-0.2, -0.15) is 0 Å². The van der Waals surface area contributed by atoms with Crippen LogP contribution in [0, 0.1) is 0 Å². The Bertz CT molecular complexity index is 929. The van der Waals surface area contributed by atoms with Gasteiger partial charge < -0.3 is 19.5 Å². The van der Waals surface area contributed by atoms with E-state index < -0.39 is 5.97 Å². The summed E-state index contributed by atoms with van der Waals surface area (Å²) in [5.41, 5.74) is 2.19. The maximum absolute atomic E-state index is 12.6. The van der Waals surface area contributed by atoms with Crippen LogP contribution in [0.15, 0.2) is 48.5 Å². The number of hydrogen-bond acceptors (Lipinski definition) is 7. The van der Waals surface area contributed by atoms with Crippen molar-refractivity contribution in [2.24, 2.45) is 0 Å². The molecule has 7 heteroatoms. The van der Waals surface area contributed by atoms with Crippen molar-refractivity contribution in [1.82, 2.24) is 9.97 Å². The number of benzene rings is 2. The molecule has 2 aromatic carbocycles. The third-order valence-corrected chi connectivity index (χ3v) is 3.86. The first-order valence-corrected chi connectivity index (χ1v) is 9.22. The van der Waals surface area contributed by atoms with Crippen LogP contribution in [0.2, 0.25) is 0 Å². The summed E-state index contributed by atoms with van der Waals surface area (Å²) in [5, 5.41) is 3.16. The number of hydrogen-bond donors (Lipinski definition) is 1. The molecule has 0 spiro atoms. The normalized spacial score (nSPS) is 10.6. The molecule has 28 heavy (non-hydrogen) atoms. The van der Waals surface area contributed by atoms with E-state index >= 15 is 0 Å². The Labute approximate surface area is 163 Å². The number of esters is 1. The van der Waals surface area contributed by atoms with Gasteiger partial charge in [0.05, 0.1) is 24.2 Å². The highest BCUT2D eigenvalue weighted by atomic mass is 16.6. The number of aromatic nitrogens is 2. The number of fused-ring (bicyclic) bond motifs is 1. The lowest BCUT2D eigenvalue weighted by molar-refractivity contribution is 0.0330. The van der Waals surface area contributed by atoms with E-state index in [2.05, 4.69) is 15.3 Å². The zero-order valence-corrected chi connectivity index (χ0v) is 16.0. The molecule has 1 aromatic heterocycles. The van der Waals surface area contributed by atoms with Crippen molar-refractivity contribution in [2.75, 3.05) is 31.7 Å². The average molecular weight is 381 g/mol. The van der Waals surface area contributed by atoms with Gasteiger partial charge in [-0.05, 0) is 50.2 Å². The highest BCUT2D eigenvalue weighted by Gasteiger charge is 2.18. The van der Waals surface area contributed by atoms with E-state index in [1.54, 1.807) is 6.07 Å². The summed E-state index contributed by atoms with van der Waals surface area (Å²) in [4.78, 5) is 21.6. The summed E-state index contributed by atoms with van der Waals surface area (Å²) in [7, 11) is 0. The molecule has 0 atom stereocenters. The van der Waals surface area contributed by atoms with Crippen LogP contribution in [0.5, 0.6) is 5.75 Å². The first-order chi connectivity index (χ1) is 13.7. The van der Waals surface area contributed by atoms with Gasteiger partial charge in [0.25, 0.3) is 0 Å².